The molecule has 12 amide bonds. The van der Waals surface area contributed by atoms with Gasteiger partial charge in [-0.3, -0.25) is 77.3 Å². The Kier molecular flexibility index (Phi) is 43.0. The monoisotopic (exact) mass is 1470 g/mol. The molecule has 574 valence electrons. The van der Waals surface area contributed by atoms with Gasteiger partial charge in [0.15, 0.2) is 17.9 Å². The fourth-order valence-corrected chi connectivity index (χ4v) is 9.87. The SMILES string of the molecule is CC(=O)O.CSCCC(NC(=O)C(CC(C)C)NC(=O)CNC(=O)C(Cc1ccc(O)cc1)NC(=O)C(Cc1ccccc1)NC(=O)C(CCC(N)=O)NC(=O)C(CCCN=C(N)N)NC(=O)C(NC(=O)C(CCCN=C(N)N)NC(=O)C(CO)NC(=O)C(N)CCCN=C(N)N)C(C)O)C(N)=O. The zero-order valence-electron chi connectivity index (χ0n) is 58.4. The number of aliphatic hydroxyl groups excluding tert-OH is 2. The maximum absolute atomic E-state index is 14.7. The average Bonchev–Trinajstić information content (AvgIpc) is 1.49. The number of carboxylic acids is 1. The molecule has 0 aliphatic heterocycles. The summed E-state index contributed by atoms with van der Waals surface area (Å²) in [5, 5.41) is 63.5. The van der Waals surface area contributed by atoms with Crippen LogP contribution < -0.4 is 105 Å². The fourth-order valence-electron chi connectivity index (χ4n) is 9.40. The number of primary amides is 2. The highest BCUT2D eigenvalue weighted by Gasteiger charge is 2.37. The summed E-state index contributed by atoms with van der Waals surface area (Å²) in [5.41, 5.74) is 50.7. The number of hydrogen-bond donors (Lipinski definition) is 23. The van der Waals surface area contributed by atoms with Crippen molar-refractivity contribution in [3.8, 4) is 5.75 Å². The number of phenols is 1. The molecule has 2 aromatic rings. The second kappa shape index (κ2) is 49.0. The maximum Gasteiger partial charge on any atom is 0.300 e. The number of carbonyl (C=O) groups is 13. The molecule has 11 atom stereocenters. The summed E-state index contributed by atoms with van der Waals surface area (Å²) in [4.78, 5) is 185. The minimum absolute atomic E-state index is 0.0194. The van der Waals surface area contributed by atoms with E-state index in [1.807, 2.05) is 6.26 Å². The van der Waals surface area contributed by atoms with Gasteiger partial charge in [0, 0.05) is 45.8 Å². The Morgan fingerprint density at radius 1 is 0.485 bits per heavy atom. The van der Waals surface area contributed by atoms with Crippen LogP contribution in [0.25, 0.3) is 0 Å². The van der Waals surface area contributed by atoms with Crippen LogP contribution in [0.4, 0.5) is 0 Å². The smallest absolute Gasteiger partial charge is 0.300 e. The van der Waals surface area contributed by atoms with Crippen LogP contribution >= 0.6 is 11.8 Å². The van der Waals surface area contributed by atoms with Crippen LogP contribution in [-0.4, -0.2) is 226 Å². The Morgan fingerprint density at radius 2 is 0.893 bits per heavy atom. The maximum atomic E-state index is 14.7. The molecule has 0 aliphatic rings. The van der Waals surface area contributed by atoms with Crippen molar-refractivity contribution < 1.29 is 82.8 Å². The quantitative estimate of drug-likeness (QED) is 0.0166. The number of benzene rings is 2. The molecular weight excluding hydrogens is 1370 g/mol. The molecular formula is C63H104N22O17S. The molecule has 0 saturated heterocycles. The summed E-state index contributed by atoms with van der Waals surface area (Å²) >= 11 is 1.43. The van der Waals surface area contributed by atoms with Gasteiger partial charge in [0.25, 0.3) is 5.97 Å². The Bertz CT molecular complexity index is 3190. The van der Waals surface area contributed by atoms with Crippen LogP contribution in [-0.2, 0) is 75.2 Å². The number of carboxylic acid groups (broad SMARTS) is 1. The predicted molar refractivity (Wildman–Crippen MR) is 382 cm³/mol. The minimum atomic E-state index is -1.91. The number of nitrogens with zero attached hydrogens (tertiary/aromatic N) is 3. The minimum Gasteiger partial charge on any atom is -0.508 e. The first-order valence-corrected chi connectivity index (χ1v) is 34.2. The lowest BCUT2D eigenvalue weighted by atomic mass is 10.0. The third-order valence-corrected chi connectivity index (χ3v) is 15.3. The van der Waals surface area contributed by atoms with E-state index >= 15 is 0 Å². The summed E-state index contributed by atoms with van der Waals surface area (Å²) < 4.78 is 0. The van der Waals surface area contributed by atoms with Crippen molar-refractivity contribution in [2.75, 3.05) is 44.8 Å². The number of phenolic OH excluding ortho intramolecular Hbond substituents is 1. The third kappa shape index (κ3) is 39.3. The van der Waals surface area contributed by atoms with E-state index in [1.54, 1.807) is 44.2 Å². The number of aromatic hydroxyl groups is 1. The number of nitrogens with two attached hydrogens (primary N) is 9. The number of hydrogen-bond acceptors (Lipinski definition) is 21. The number of amides is 12. The standard InChI is InChI=1S/C61H100N22O15S.C2H4O2/c1-32(2)27-42(55(95)76-38(49(64)89)22-26-99-4)75-47(88)30-74-51(91)43(29-35-16-18-36(86)19-17-35)80-56(96)44(28-34-11-6-5-7-12-34)81-53(93)41(20-21-46(63)87)78-52(92)39(14-9-24-72-60(67)68)79-58(98)48(33(3)85)83-54(94)40(15-10-25-73-61(69)70)77-57(97)45(31-84)82-50(90)37(62)13-8-23-71-59(65)66;1-2(3)4/h5-7,11-12,16-19,32-33,37-45,48,84-86H,8-10,13-15,20-31,62H2,1-4H3,(H2,63,87)(H2,64,89)(H,74,91)(H,75,88)(H,76,95)(H,77,97)(H,78,92)(H,79,98)(H,80,96)(H,81,93)(H,82,90)(H,83,94)(H4,65,66,71)(H4,67,68,72)(H4,69,70,73);1H3,(H,3,4). The molecule has 0 aliphatic carbocycles. The van der Waals surface area contributed by atoms with E-state index in [9.17, 15) is 72.9 Å². The van der Waals surface area contributed by atoms with Gasteiger partial charge in [-0.25, -0.2) is 0 Å². The second-order valence-corrected chi connectivity index (χ2v) is 25.0. The number of rotatable bonds is 47. The fraction of sp³-hybridized carbons (Fsp3) is 0.556. The summed E-state index contributed by atoms with van der Waals surface area (Å²) in [5.74, 6) is -12.9. The number of nitrogens with one attached hydrogen (secondary N) is 10. The second-order valence-electron chi connectivity index (χ2n) is 24.0. The normalized spacial score (nSPS) is 14.0. The average molecular weight is 1470 g/mol. The lowest BCUT2D eigenvalue weighted by Gasteiger charge is -2.29. The van der Waals surface area contributed by atoms with Gasteiger partial charge in [-0.15, -0.1) is 0 Å². The van der Waals surface area contributed by atoms with Gasteiger partial charge >= 0.3 is 0 Å². The molecule has 0 spiro atoms. The van der Waals surface area contributed by atoms with Crippen molar-refractivity contribution in [3.05, 3.63) is 65.7 Å². The van der Waals surface area contributed by atoms with E-state index < -0.39 is 169 Å². The molecule has 0 heterocycles. The van der Waals surface area contributed by atoms with E-state index in [1.165, 1.54) is 36.0 Å². The molecule has 2 rings (SSSR count). The third-order valence-electron chi connectivity index (χ3n) is 14.6. The Morgan fingerprint density at radius 3 is 1.35 bits per heavy atom. The Balaban J connectivity index is 0.0000129. The lowest BCUT2D eigenvalue weighted by Crippen LogP contribution is -2.62. The molecule has 32 N–H and O–H groups in total. The zero-order valence-corrected chi connectivity index (χ0v) is 59.2. The number of aliphatic imine (C=N–C) groups is 3. The molecule has 0 radical (unpaired) electrons. The first kappa shape index (κ1) is 90.4. The number of aliphatic carboxylic acids is 1. The van der Waals surface area contributed by atoms with Gasteiger partial charge in [-0.2, -0.15) is 11.8 Å². The van der Waals surface area contributed by atoms with Gasteiger partial charge in [-0.05, 0) is 106 Å². The largest absolute Gasteiger partial charge is 0.508 e. The molecule has 11 unspecified atom stereocenters. The summed E-state index contributed by atoms with van der Waals surface area (Å²) in [6.07, 6.45) is -1.34. The van der Waals surface area contributed by atoms with E-state index in [-0.39, 0.29) is 113 Å². The number of carbonyl (C=O) groups excluding carboxylic acids is 12. The number of thioether (sulfide) groups is 1. The molecule has 0 bridgehead atoms. The van der Waals surface area contributed by atoms with Gasteiger partial charge in [0.05, 0.1) is 25.3 Å². The Labute approximate surface area is 600 Å². The van der Waals surface area contributed by atoms with Crippen LogP contribution in [0.3, 0.4) is 0 Å². The van der Waals surface area contributed by atoms with E-state index in [0.29, 0.717) is 16.9 Å². The van der Waals surface area contributed by atoms with Gasteiger partial charge < -0.3 is 125 Å². The van der Waals surface area contributed by atoms with Crippen molar-refractivity contribution in [2.24, 2.45) is 72.5 Å². The van der Waals surface area contributed by atoms with Crippen molar-refractivity contribution in [1.29, 1.82) is 0 Å². The number of aliphatic hydroxyl groups is 2. The van der Waals surface area contributed by atoms with Crippen LogP contribution in [0.1, 0.15) is 103 Å². The van der Waals surface area contributed by atoms with Gasteiger partial charge in [-0.1, -0.05) is 56.3 Å². The molecule has 103 heavy (non-hydrogen) atoms. The van der Waals surface area contributed by atoms with Crippen LogP contribution in [0.5, 0.6) is 5.75 Å². The van der Waals surface area contributed by atoms with E-state index in [2.05, 4.69) is 68.1 Å². The number of guanidine groups is 3. The molecule has 39 nitrogen and oxygen atoms in total. The van der Waals surface area contributed by atoms with E-state index in [4.69, 9.17) is 61.5 Å². The predicted octanol–water partition coefficient (Wildman–Crippen LogP) is -7.84. The molecule has 40 heteroatoms. The zero-order chi connectivity index (χ0) is 77.9. The summed E-state index contributed by atoms with van der Waals surface area (Å²) in [6, 6.07) is -1.18. The molecule has 0 aromatic heterocycles. The van der Waals surface area contributed by atoms with Crippen molar-refractivity contribution in [3.63, 3.8) is 0 Å². The molecule has 2 aromatic carbocycles. The van der Waals surface area contributed by atoms with Crippen molar-refractivity contribution in [1.82, 2.24) is 53.2 Å². The summed E-state index contributed by atoms with van der Waals surface area (Å²) in [7, 11) is 0. The van der Waals surface area contributed by atoms with Crippen LogP contribution in [0.2, 0.25) is 0 Å². The van der Waals surface area contributed by atoms with E-state index in [0.717, 1.165) is 13.8 Å². The highest BCUT2D eigenvalue weighted by Crippen LogP contribution is 2.15. The van der Waals surface area contributed by atoms with Gasteiger partial charge in [0.1, 0.15) is 60.1 Å². The topological polar surface area (TPSA) is 694 Å². The molecule has 0 fully saturated rings. The molecule has 0 saturated carbocycles. The Hall–Kier alpha value is -10.6. The summed E-state index contributed by atoms with van der Waals surface area (Å²) in [6.45, 7) is 4.07. The van der Waals surface area contributed by atoms with Crippen molar-refractivity contribution >= 4 is 106 Å². The van der Waals surface area contributed by atoms with Crippen LogP contribution in [0.15, 0.2) is 69.6 Å². The first-order chi connectivity index (χ1) is 48.5. The van der Waals surface area contributed by atoms with Gasteiger partial charge in [0.2, 0.25) is 70.9 Å². The highest BCUT2D eigenvalue weighted by atomic mass is 32.2. The highest BCUT2D eigenvalue weighted by molar-refractivity contribution is 7.98. The van der Waals surface area contributed by atoms with Crippen molar-refractivity contribution in [2.45, 2.75) is 171 Å². The first-order valence-electron chi connectivity index (χ1n) is 32.8. The lowest BCUT2D eigenvalue weighted by molar-refractivity contribution is -0.137. The van der Waals surface area contributed by atoms with Crippen LogP contribution in [0, 0.1) is 5.92 Å².